The Balaban J connectivity index is 2.11. The van der Waals surface area contributed by atoms with Crippen LogP contribution in [0.3, 0.4) is 0 Å². The molecule has 22 heavy (non-hydrogen) atoms. The van der Waals surface area contributed by atoms with Crippen LogP contribution < -0.4 is 0 Å². The van der Waals surface area contributed by atoms with Crippen LogP contribution in [-0.2, 0) is 10.1 Å². The number of nitrogens with zero attached hydrogens (tertiary/aromatic N) is 2. The number of fused-ring (bicyclic) bond motifs is 4. The second-order valence-electron chi connectivity index (χ2n) is 5.08. The molecule has 3 aromatic carbocycles. The lowest BCUT2D eigenvalue weighted by Gasteiger charge is -2.06. The Morgan fingerprint density at radius 3 is 2.50 bits per heavy atom. The molecule has 0 amide bonds. The molecule has 6 heteroatoms. The minimum absolute atomic E-state index is 0.108. The molecule has 5 nitrogen and oxygen atoms in total. The Bertz CT molecular complexity index is 1150. The Labute approximate surface area is 126 Å². The van der Waals surface area contributed by atoms with Crippen molar-refractivity contribution in [2.45, 2.75) is 4.90 Å². The molecule has 0 aliphatic heterocycles. The molecule has 0 unspecified atom stereocenters. The predicted octanol–water partition coefficient (Wildman–Crippen LogP) is 3.18. The normalized spacial score (nSPS) is 12.2. The largest absolute Gasteiger partial charge is 0.294 e. The fourth-order valence-electron chi connectivity index (χ4n) is 2.67. The first-order valence-corrected chi connectivity index (χ1v) is 8.00. The van der Waals surface area contributed by atoms with Crippen molar-refractivity contribution >= 4 is 42.6 Å². The summed E-state index contributed by atoms with van der Waals surface area (Å²) in [6.45, 7) is 0. The lowest BCUT2D eigenvalue weighted by Crippen LogP contribution is -1.97. The van der Waals surface area contributed by atoms with Crippen molar-refractivity contribution in [2.24, 2.45) is 0 Å². The summed E-state index contributed by atoms with van der Waals surface area (Å²) < 4.78 is 31.7. The first-order valence-electron chi connectivity index (χ1n) is 6.56. The fourth-order valence-corrected chi connectivity index (χ4v) is 3.19. The summed E-state index contributed by atoms with van der Waals surface area (Å²) in [7, 11) is -4.20. The second kappa shape index (κ2) is 4.46. The monoisotopic (exact) mass is 310 g/mol. The molecular formula is C16H10N2O3S. The van der Waals surface area contributed by atoms with Gasteiger partial charge >= 0.3 is 0 Å². The van der Waals surface area contributed by atoms with Crippen molar-refractivity contribution in [1.29, 1.82) is 0 Å². The molecule has 1 aromatic heterocycles. The van der Waals surface area contributed by atoms with E-state index in [0.29, 0.717) is 0 Å². The predicted molar refractivity (Wildman–Crippen MR) is 84.4 cm³/mol. The zero-order valence-electron chi connectivity index (χ0n) is 11.3. The molecule has 1 heterocycles. The average molecular weight is 310 g/mol. The molecule has 108 valence electrons. The van der Waals surface area contributed by atoms with Crippen molar-refractivity contribution in [3.05, 3.63) is 55.0 Å². The SMILES string of the molecule is O=S(=O)(O)c1ccc2cc3c(ccc4ncncc43)cc2c1. The highest BCUT2D eigenvalue weighted by Crippen LogP contribution is 2.29. The zero-order valence-corrected chi connectivity index (χ0v) is 12.1. The van der Waals surface area contributed by atoms with Gasteiger partial charge in [0, 0.05) is 11.6 Å². The van der Waals surface area contributed by atoms with Crippen molar-refractivity contribution in [2.75, 3.05) is 0 Å². The van der Waals surface area contributed by atoms with Gasteiger partial charge in [-0.25, -0.2) is 9.97 Å². The number of hydrogen-bond acceptors (Lipinski definition) is 4. The second-order valence-corrected chi connectivity index (χ2v) is 6.50. The molecule has 0 saturated heterocycles. The van der Waals surface area contributed by atoms with Crippen LogP contribution in [-0.4, -0.2) is 22.9 Å². The van der Waals surface area contributed by atoms with E-state index >= 15 is 0 Å². The van der Waals surface area contributed by atoms with Crippen LogP contribution in [0.5, 0.6) is 0 Å². The van der Waals surface area contributed by atoms with Crippen molar-refractivity contribution in [3.63, 3.8) is 0 Å². The summed E-state index contributed by atoms with van der Waals surface area (Å²) >= 11 is 0. The fraction of sp³-hybridized carbons (Fsp3) is 0. The summed E-state index contributed by atoms with van der Waals surface area (Å²) in [5.74, 6) is 0. The van der Waals surface area contributed by atoms with Crippen molar-refractivity contribution in [3.8, 4) is 0 Å². The summed E-state index contributed by atoms with van der Waals surface area (Å²) in [5, 5.41) is 4.54. The Kier molecular flexibility index (Phi) is 2.66. The highest BCUT2D eigenvalue weighted by molar-refractivity contribution is 7.85. The first-order chi connectivity index (χ1) is 10.5. The molecule has 0 fully saturated rings. The highest BCUT2D eigenvalue weighted by atomic mass is 32.2. The van der Waals surface area contributed by atoms with Gasteiger partial charge in [-0.2, -0.15) is 8.42 Å². The van der Waals surface area contributed by atoms with E-state index in [9.17, 15) is 8.42 Å². The zero-order chi connectivity index (χ0) is 15.3. The van der Waals surface area contributed by atoms with Crippen LogP contribution in [0.25, 0.3) is 32.4 Å². The average Bonchev–Trinajstić information content (AvgIpc) is 2.51. The quantitative estimate of drug-likeness (QED) is 0.332. The Morgan fingerprint density at radius 2 is 1.68 bits per heavy atom. The number of rotatable bonds is 1. The topological polar surface area (TPSA) is 80.2 Å². The van der Waals surface area contributed by atoms with Crippen LogP contribution in [0.4, 0.5) is 0 Å². The molecular weight excluding hydrogens is 300 g/mol. The third-order valence-electron chi connectivity index (χ3n) is 3.73. The molecule has 0 aliphatic carbocycles. The van der Waals surface area contributed by atoms with Crippen molar-refractivity contribution in [1.82, 2.24) is 9.97 Å². The third-order valence-corrected chi connectivity index (χ3v) is 4.58. The standard InChI is InChI=1S/C16H10N2O3S/c19-22(20,21)13-3-1-10-7-14-11(5-12(10)6-13)2-4-16-15(14)8-17-9-18-16/h1-9H,(H,19,20,21). The van der Waals surface area contributed by atoms with Gasteiger partial charge in [-0.1, -0.05) is 12.1 Å². The van der Waals surface area contributed by atoms with Crippen molar-refractivity contribution < 1.29 is 13.0 Å². The van der Waals surface area contributed by atoms with Gasteiger partial charge in [0.25, 0.3) is 10.1 Å². The Morgan fingerprint density at radius 1 is 0.864 bits per heavy atom. The molecule has 4 aromatic rings. The molecule has 0 bridgehead atoms. The van der Waals surface area contributed by atoms with Gasteiger partial charge in [-0.15, -0.1) is 0 Å². The maximum Gasteiger partial charge on any atom is 0.294 e. The lowest BCUT2D eigenvalue weighted by atomic mass is 10.0. The van der Waals surface area contributed by atoms with Gasteiger partial charge in [-0.3, -0.25) is 4.55 Å². The van der Waals surface area contributed by atoms with E-state index < -0.39 is 10.1 Å². The third kappa shape index (κ3) is 2.01. The van der Waals surface area contributed by atoms with E-state index in [4.69, 9.17) is 4.55 Å². The Hall–Kier alpha value is -2.57. The molecule has 0 spiro atoms. The molecule has 0 atom stereocenters. The van der Waals surface area contributed by atoms with E-state index in [-0.39, 0.29) is 4.90 Å². The van der Waals surface area contributed by atoms with Gasteiger partial charge in [0.05, 0.1) is 10.4 Å². The molecule has 0 aliphatic rings. The maximum absolute atomic E-state index is 11.3. The minimum atomic E-state index is -4.20. The van der Waals surface area contributed by atoms with E-state index in [1.54, 1.807) is 12.3 Å². The van der Waals surface area contributed by atoms with E-state index in [1.165, 1.54) is 18.5 Å². The number of benzene rings is 3. The van der Waals surface area contributed by atoms with Crippen LogP contribution in [0, 0.1) is 0 Å². The summed E-state index contributed by atoms with van der Waals surface area (Å²) in [6, 6.07) is 12.2. The van der Waals surface area contributed by atoms with Gasteiger partial charge < -0.3 is 0 Å². The molecule has 4 rings (SSSR count). The number of hydrogen-bond donors (Lipinski definition) is 1. The smallest absolute Gasteiger partial charge is 0.282 e. The maximum atomic E-state index is 11.3. The van der Waals surface area contributed by atoms with Gasteiger partial charge in [0.2, 0.25) is 0 Å². The van der Waals surface area contributed by atoms with Crippen LogP contribution in [0.1, 0.15) is 0 Å². The van der Waals surface area contributed by atoms with Gasteiger partial charge in [0.1, 0.15) is 6.33 Å². The molecule has 1 N–H and O–H groups in total. The molecule has 0 radical (unpaired) electrons. The summed E-state index contributed by atoms with van der Waals surface area (Å²) in [4.78, 5) is 8.19. The first kappa shape index (κ1) is 13.1. The number of aromatic nitrogens is 2. The lowest BCUT2D eigenvalue weighted by molar-refractivity contribution is 0.483. The van der Waals surface area contributed by atoms with Crippen LogP contribution in [0.2, 0.25) is 0 Å². The van der Waals surface area contributed by atoms with E-state index in [2.05, 4.69) is 9.97 Å². The highest BCUT2D eigenvalue weighted by Gasteiger charge is 2.11. The van der Waals surface area contributed by atoms with Gasteiger partial charge in [-0.05, 0) is 51.9 Å². The minimum Gasteiger partial charge on any atom is -0.282 e. The van der Waals surface area contributed by atoms with Crippen LogP contribution in [0.15, 0.2) is 59.9 Å². The van der Waals surface area contributed by atoms with Crippen LogP contribution >= 0.6 is 0 Å². The van der Waals surface area contributed by atoms with E-state index in [1.807, 2.05) is 24.3 Å². The van der Waals surface area contributed by atoms with Gasteiger partial charge in [0.15, 0.2) is 0 Å². The summed E-state index contributed by atoms with van der Waals surface area (Å²) in [6.07, 6.45) is 3.27. The summed E-state index contributed by atoms with van der Waals surface area (Å²) in [5.41, 5.74) is 0.858. The molecule has 0 saturated carbocycles. The van der Waals surface area contributed by atoms with E-state index in [0.717, 1.165) is 32.4 Å².